The van der Waals surface area contributed by atoms with Crippen LogP contribution in [0.5, 0.6) is 5.75 Å². The molecule has 3 heterocycles. The van der Waals surface area contributed by atoms with Gasteiger partial charge >= 0.3 is 10.1 Å². The van der Waals surface area contributed by atoms with Crippen LogP contribution >= 0.6 is 11.8 Å². The molecular formula is C15H19N3O4S2. The van der Waals surface area contributed by atoms with E-state index in [1.54, 1.807) is 23.9 Å². The fourth-order valence-corrected chi connectivity index (χ4v) is 4.68. The molecule has 0 amide bonds. The van der Waals surface area contributed by atoms with Crippen molar-refractivity contribution in [2.24, 2.45) is 5.73 Å². The third kappa shape index (κ3) is 2.91. The number of nitrogens with two attached hydrogens (primary N) is 1. The average Bonchev–Trinajstić information content (AvgIpc) is 2.75. The van der Waals surface area contributed by atoms with Crippen molar-refractivity contribution in [2.45, 2.75) is 18.5 Å². The van der Waals surface area contributed by atoms with Gasteiger partial charge in [0, 0.05) is 41.0 Å². The number of aromatic nitrogens is 1. The van der Waals surface area contributed by atoms with Gasteiger partial charge in [0.25, 0.3) is 0 Å². The first-order valence-electron chi connectivity index (χ1n) is 7.69. The lowest BCUT2D eigenvalue weighted by atomic mass is 9.95. The highest BCUT2D eigenvalue weighted by molar-refractivity contribution is 7.99. The number of benzene rings is 1. The van der Waals surface area contributed by atoms with Crippen LogP contribution in [0.4, 0.5) is 0 Å². The van der Waals surface area contributed by atoms with Crippen LogP contribution in [0.25, 0.3) is 10.9 Å². The summed E-state index contributed by atoms with van der Waals surface area (Å²) in [5.41, 5.74) is 9.51. The van der Waals surface area contributed by atoms with Crippen LogP contribution in [-0.2, 0) is 21.4 Å². The van der Waals surface area contributed by atoms with Gasteiger partial charge in [0.2, 0.25) is 0 Å². The fraction of sp³-hybridized carbons (Fsp3) is 0.467. The summed E-state index contributed by atoms with van der Waals surface area (Å²) in [6.45, 7) is 0.792. The second-order valence-corrected chi connectivity index (χ2v) is 8.68. The SMILES string of the molecule is CS(=O)(=O)Oc1ccc2c3c([nH]c2c1)C1[C@H](N)CSCON1CC3. The monoisotopic (exact) mass is 369 g/mol. The van der Waals surface area contributed by atoms with Crippen LogP contribution in [0.2, 0.25) is 0 Å². The molecule has 1 unspecified atom stereocenters. The van der Waals surface area contributed by atoms with Crippen molar-refractivity contribution in [1.29, 1.82) is 0 Å². The number of hydrogen-bond donors (Lipinski definition) is 2. The van der Waals surface area contributed by atoms with Crippen LogP contribution in [0.1, 0.15) is 17.3 Å². The van der Waals surface area contributed by atoms with Crippen LogP contribution in [0.15, 0.2) is 18.2 Å². The first-order chi connectivity index (χ1) is 11.4. The van der Waals surface area contributed by atoms with Crippen molar-refractivity contribution in [2.75, 3.05) is 24.5 Å². The average molecular weight is 369 g/mol. The summed E-state index contributed by atoms with van der Waals surface area (Å²) in [5.74, 6) is 1.75. The Labute approximate surface area is 144 Å². The summed E-state index contributed by atoms with van der Waals surface area (Å²) in [7, 11) is -3.55. The number of nitrogens with zero attached hydrogens (tertiary/aromatic N) is 1. The van der Waals surface area contributed by atoms with E-state index < -0.39 is 10.1 Å². The molecule has 0 spiro atoms. The molecule has 1 fully saturated rings. The van der Waals surface area contributed by atoms with Gasteiger partial charge in [0.15, 0.2) is 0 Å². The maximum Gasteiger partial charge on any atom is 0.306 e. The highest BCUT2D eigenvalue weighted by Crippen LogP contribution is 2.39. The molecule has 0 radical (unpaired) electrons. The number of rotatable bonds is 2. The number of hydroxylamine groups is 2. The topological polar surface area (TPSA) is 97.7 Å². The molecule has 130 valence electrons. The molecule has 3 N–H and O–H groups in total. The summed E-state index contributed by atoms with van der Waals surface area (Å²) in [5, 5.41) is 3.05. The number of hydrogen-bond acceptors (Lipinski definition) is 7. The smallest absolute Gasteiger partial charge is 0.306 e. The molecule has 1 saturated heterocycles. The Kier molecular flexibility index (Phi) is 4.00. The van der Waals surface area contributed by atoms with Gasteiger partial charge in [0.05, 0.1) is 12.3 Å². The zero-order valence-corrected chi connectivity index (χ0v) is 14.8. The highest BCUT2D eigenvalue weighted by atomic mass is 32.2. The molecule has 2 aliphatic rings. The number of H-pyrrole nitrogens is 1. The predicted molar refractivity (Wildman–Crippen MR) is 93.3 cm³/mol. The largest absolute Gasteiger partial charge is 0.383 e. The molecule has 9 heteroatoms. The molecule has 1 aromatic heterocycles. The molecule has 4 rings (SSSR count). The van der Waals surface area contributed by atoms with E-state index in [0.717, 1.165) is 41.6 Å². The highest BCUT2D eigenvalue weighted by Gasteiger charge is 2.36. The van der Waals surface area contributed by atoms with E-state index in [1.807, 2.05) is 11.1 Å². The predicted octanol–water partition coefficient (Wildman–Crippen LogP) is 1.37. The van der Waals surface area contributed by atoms with Crippen molar-refractivity contribution < 1.29 is 17.4 Å². The maximum absolute atomic E-state index is 11.3. The zero-order valence-electron chi connectivity index (χ0n) is 13.2. The number of thioether (sulfide) groups is 1. The maximum atomic E-state index is 11.3. The van der Waals surface area contributed by atoms with Gasteiger partial charge in [-0.2, -0.15) is 13.5 Å². The molecule has 1 aromatic carbocycles. The Bertz CT molecular complexity index is 880. The molecule has 0 saturated carbocycles. The lowest BCUT2D eigenvalue weighted by Gasteiger charge is -2.35. The van der Waals surface area contributed by atoms with Crippen molar-refractivity contribution >= 4 is 32.8 Å². The molecule has 24 heavy (non-hydrogen) atoms. The quantitative estimate of drug-likeness (QED) is 0.772. The van der Waals surface area contributed by atoms with Gasteiger partial charge in [-0.25, -0.2) is 0 Å². The normalized spacial score (nSPS) is 25.1. The van der Waals surface area contributed by atoms with Gasteiger partial charge in [0.1, 0.15) is 11.7 Å². The van der Waals surface area contributed by atoms with E-state index in [0.29, 0.717) is 11.7 Å². The Hall–Kier alpha value is -1.26. The first kappa shape index (κ1) is 16.2. The number of aromatic amines is 1. The standard InChI is InChI=1S/C15H19N3O4S2/c1-24(19,20)22-9-2-3-10-11-4-5-18-15(12(16)7-23-8-21-18)14(11)17-13(10)6-9/h2-3,6,12,15,17H,4-5,7-8,16H2,1H3/t12-,15?/m1/s1. The minimum atomic E-state index is -3.55. The van der Waals surface area contributed by atoms with Crippen LogP contribution in [0, 0.1) is 0 Å². The Balaban J connectivity index is 1.79. The van der Waals surface area contributed by atoms with Gasteiger partial charge in [-0.15, -0.1) is 11.8 Å². The molecule has 0 bridgehead atoms. The summed E-state index contributed by atoms with van der Waals surface area (Å²) in [6.07, 6.45) is 1.89. The summed E-state index contributed by atoms with van der Waals surface area (Å²) >= 11 is 1.69. The zero-order chi connectivity index (χ0) is 16.9. The van der Waals surface area contributed by atoms with E-state index in [4.69, 9.17) is 14.8 Å². The second-order valence-electron chi connectivity index (χ2n) is 6.13. The van der Waals surface area contributed by atoms with Crippen molar-refractivity contribution in [3.8, 4) is 5.75 Å². The third-order valence-corrected chi connectivity index (χ3v) is 5.75. The molecule has 2 aromatic rings. The Morgan fingerprint density at radius 3 is 3.08 bits per heavy atom. The third-order valence-electron chi connectivity index (χ3n) is 4.36. The Morgan fingerprint density at radius 1 is 1.46 bits per heavy atom. The van der Waals surface area contributed by atoms with Gasteiger partial charge < -0.3 is 14.9 Å². The second kappa shape index (κ2) is 5.92. The van der Waals surface area contributed by atoms with E-state index in [1.165, 1.54) is 5.56 Å². The van der Waals surface area contributed by atoms with Crippen LogP contribution in [-0.4, -0.2) is 49.0 Å². The van der Waals surface area contributed by atoms with Crippen LogP contribution in [0.3, 0.4) is 0 Å². The van der Waals surface area contributed by atoms with Gasteiger partial charge in [-0.3, -0.25) is 4.84 Å². The minimum Gasteiger partial charge on any atom is -0.383 e. The van der Waals surface area contributed by atoms with Crippen molar-refractivity contribution in [1.82, 2.24) is 10.0 Å². The minimum absolute atomic E-state index is 0.0181. The molecule has 2 aliphatic heterocycles. The first-order valence-corrected chi connectivity index (χ1v) is 10.7. The number of nitrogens with one attached hydrogen (secondary N) is 1. The lowest BCUT2D eigenvalue weighted by Crippen LogP contribution is -2.44. The number of fused-ring (bicyclic) bond motifs is 5. The lowest BCUT2D eigenvalue weighted by molar-refractivity contribution is -0.175. The van der Waals surface area contributed by atoms with Crippen molar-refractivity contribution in [3.63, 3.8) is 0 Å². The van der Waals surface area contributed by atoms with E-state index in [-0.39, 0.29) is 12.1 Å². The van der Waals surface area contributed by atoms with Gasteiger partial charge in [-0.05, 0) is 24.1 Å². The fourth-order valence-electron chi connectivity index (χ4n) is 3.46. The Morgan fingerprint density at radius 2 is 2.29 bits per heavy atom. The van der Waals surface area contributed by atoms with Crippen LogP contribution < -0.4 is 9.92 Å². The van der Waals surface area contributed by atoms with E-state index in [9.17, 15) is 8.42 Å². The summed E-state index contributed by atoms with van der Waals surface area (Å²) < 4.78 is 27.6. The summed E-state index contributed by atoms with van der Waals surface area (Å²) in [6, 6.07) is 5.26. The van der Waals surface area contributed by atoms with E-state index in [2.05, 4.69) is 4.98 Å². The molecule has 0 aliphatic carbocycles. The van der Waals surface area contributed by atoms with Gasteiger partial charge in [-0.1, -0.05) is 0 Å². The van der Waals surface area contributed by atoms with E-state index >= 15 is 0 Å². The van der Waals surface area contributed by atoms with Crippen molar-refractivity contribution in [3.05, 3.63) is 29.5 Å². The molecular weight excluding hydrogens is 350 g/mol. The molecule has 2 atom stereocenters. The molecule has 7 nitrogen and oxygen atoms in total. The summed E-state index contributed by atoms with van der Waals surface area (Å²) in [4.78, 5) is 9.23.